The minimum Gasteiger partial charge on any atom is -0.455 e. The highest BCUT2D eigenvalue weighted by molar-refractivity contribution is 14.1. The molecule has 0 aliphatic rings. The Hall–Kier alpha value is -0.580. The fraction of sp³-hybridized carbons (Fsp3) is 0.500. The zero-order valence-corrected chi connectivity index (χ0v) is 12.7. The lowest BCUT2D eigenvalue weighted by molar-refractivity contribution is -0.142. The third kappa shape index (κ3) is 4.66. The number of esters is 1. The van der Waals surface area contributed by atoms with E-state index < -0.39 is 0 Å². The summed E-state index contributed by atoms with van der Waals surface area (Å²) in [6.45, 7) is 6.29. The number of rotatable bonds is 5. The zero-order valence-electron chi connectivity index (χ0n) is 10.6. The van der Waals surface area contributed by atoms with Crippen LogP contribution in [0, 0.1) is 5.92 Å². The van der Waals surface area contributed by atoms with E-state index in [4.69, 9.17) is 4.74 Å². The highest BCUT2D eigenvalue weighted by Gasteiger charge is 2.16. The Balaban J connectivity index is 2.70. The Bertz CT molecular complexity index is 357. The van der Waals surface area contributed by atoms with Crippen LogP contribution in [0.3, 0.4) is 0 Å². The lowest BCUT2D eigenvalue weighted by Crippen LogP contribution is -2.12. The monoisotopic (exact) mass is 346 g/mol. The second kappa shape index (κ2) is 6.99. The molecule has 0 amide bonds. The maximum atomic E-state index is 11.6. The number of alkyl halides is 1. The predicted molar refractivity (Wildman–Crippen MR) is 78.4 cm³/mol. The van der Waals surface area contributed by atoms with Crippen LogP contribution in [0.25, 0.3) is 0 Å². The molecule has 1 atom stereocenters. The van der Waals surface area contributed by atoms with Crippen LogP contribution in [0.2, 0.25) is 0 Å². The SMILES string of the molecule is CC(C)Cc1ccc(C(C)C(=O)OCI)cc1. The molecule has 1 aromatic carbocycles. The number of ether oxygens (including phenoxy) is 1. The number of hydrogen-bond donors (Lipinski definition) is 0. The number of halogens is 1. The Kier molecular flexibility index (Phi) is 5.95. The van der Waals surface area contributed by atoms with Crippen LogP contribution in [0.15, 0.2) is 24.3 Å². The van der Waals surface area contributed by atoms with Gasteiger partial charge in [-0.05, 0) is 53.0 Å². The van der Waals surface area contributed by atoms with Gasteiger partial charge in [0.2, 0.25) is 0 Å². The highest BCUT2D eigenvalue weighted by atomic mass is 127. The molecule has 0 saturated heterocycles. The molecule has 0 bridgehead atoms. The standard InChI is InChI=1S/C14H19IO2/c1-10(2)8-12-4-6-13(7-5-12)11(3)14(16)17-9-15/h4-7,10-11H,8-9H2,1-3H3. The molecule has 0 aromatic heterocycles. The van der Waals surface area contributed by atoms with Gasteiger partial charge < -0.3 is 4.74 Å². The Labute approximate surface area is 117 Å². The summed E-state index contributed by atoms with van der Waals surface area (Å²) in [4.78, 5) is 11.6. The normalized spacial score (nSPS) is 12.5. The highest BCUT2D eigenvalue weighted by Crippen LogP contribution is 2.19. The summed E-state index contributed by atoms with van der Waals surface area (Å²) in [5.41, 5.74) is 2.34. The third-order valence-electron chi connectivity index (χ3n) is 2.67. The van der Waals surface area contributed by atoms with E-state index in [1.54, 1.807) is 0 Å². The summed E-state index contributed by atoms with van der Waals surface area (Å²) < 4.78 is 5.41. The first-order valence-electron chi connectivity index (χ1n) is 5.86. The van der Waals surface area contributed by atoms with Crippen molar-refractivity contribution in [3.8, 4) is 0 Å². The first kappa shape index (κ1) is 14.5. The summed E-state index contributed by atoms with van der Waals surface area (Å²) in [5, 5.41) is 0. The minimum absolute atomic E-state index is 0.156. The lowest BCUT2D eigenvalue weighted by atomic mass is 9.97. The molecule has 1 unspecified atom stereocenters. The van der Waals surface area contributed by atoms with Crippen LogP contribution in [-0.2, 0) is 16.0 Å². The molecule has 0 N–H and O–H groups in total. The van der Waals surface area contributed by atoms with Crippen LogP contribution >= 0.6 is 22.6 Å². The van der Waals surface area contributed by atoms with Gasteiger partial charge in [0.25, 0.3) is 0 Å². The molecule has 0 radical (unpaired) electrons. The van der Waals surface area contributed by atoms with Gasteiger partial charge in [0.1, 0.15) is 4.61 Å². The molecule has 3 heteroatoms. The van der Waals surface area contributed by atoms with Crippen molar-refractivity contribution in [1.29, 1.82) is 0 Å². The van der Waals surface area contributed by atoms with Gasteiger partial charge in [-0.25, -0.2) is 0 Å². The Morgan fingerprint density at radius 1 is 1.24 bits per heavy atom. The summed E-state index contributed by atoms with van der Waals surface area (Å²) in [6.07, 6.45) is 1.08. The maximum absolute atomic E-state index is 11.6. The molecule has 0 aliphatic heterocycles. The van der Waals surface area contributed by atoms with Crippen LogP contribution in [0.4, 0.5) is 0 Å². The molecule has 1 rings (SSSR count). The Morgan fingerprint density at radius 3 is 2.29 bits per heavy atom. The smallest absolute Gasteiger partial charge is 0.313 e. The molecule has 2 nitrogen and oxygen atoms in total. The van der Waals surface area contributed by atoms with Crippen LogP contribution in [-0.4, -0.2) is 10.6 Å². The van der Waals surface area contributed by atoms with Crippen LogP contribution in [0.1, 0.15) is 37.8 Å². The number of benzene rings is 1. The first-order valence-corrected chi connectivity index (χ1v) is 7.38. The van der Waals surface area contributed by atoms with Gasteiger partial charge in [0.15, 0.2) is 0 Å². The van der Waals surface area contributed by atoms with Crippen molar-refractivity contribution >= 4 is 28.6 Å². The molecule has 0 aliphatic carbocycles. The summed E-state index contributed by atoms with van der Waals surface area (Å²) in [5.74, 6) is 0.316. The molecule has 0 spiro atoms. The molecular formula is C14H19IO2. The predicted octanol–water partition coefficient (Wildman–Crippen LogP) is 3.92. The van der Waals surface area contributed by atoms with E-state index >= 15 is 0 Å². The van der Waals surface area contributed by atoms with E-state index in [1.807, 2.05) is 41.6 Å². The van der Waals surface area contributed by atoms with Gasteiger partial charge in [-0.1, -0.05) is 38.1 Å². The van der Waals surface area contributed by atoms with E-state index in [0.717, 1.165) is 12.0 Å². The van der Waals surface area contributed by atoms with E-state index in [0.29, 0.717) is 10.5 Å². The van der Waals surface area contributed by atoms with Gasteiger partial charge in [-0.15, -0.1) is 0 Å². The average molecular weight is 346 g/mol. The van der Waals surface area contributed by atoms with Gasteiger partial charge >= 0.3 is 5.97 Å². The van der Waals surface area contributed by atoms with E-state index in [2.05, 4.69) is 26.0 Å². The largest absolute Gasteiger partial charge is 0.455 e. The second-order valence-electron chi connectivity index (χ2n) is 4.63. The summed E-state index contributed by atoms with van der Waals surface area (Å²) in [7, 11) is 0. The second-order valence-corrected chi connectivity index (χ2v) is 5.26. The summed E-state index contributed by atoms with van der Waals surface area (Å²) >= 11 is 2.03. The first-order chi connectivity index (χ1) is 8.04. The van der Waals surface area contributed by atoms with Crippen LogP contribution < -0.4 is 0 Å². The molecule has 17 heavy (non-hydrogen) atoms. The van der Waals surface area contributed by atoms with Crippen molar-refractivity contribution in [2.24, 2.45) is 5.92 Å². The molecular weight excluding hydrogens is 327 g/mol. The minimum atomic E-state index is -0.183. The van der Waals surface area contributed by atoms with Crippen molar-refractivity contribution in [3.63, 3.8) is 0 Å². The molecule has 1 aromatic rings. The fourth-order valence-electron chi connectivity index (χ4n) is 1.73. The van der Waals surface area contributed by atoms with Crippen molar-refractivity contribution in [2.75, 3.05) is 4.61 Å². The number of hydrogen-bond acceptors (Lipinski definition) is 2. The van der Waals surface area contributed by atoms with Gasteiger partial charge in [0.05, 0.1) is 5.92 Å². The molecule has 0 fully saturated rings. The fourth-order valence-corrected chi connectivity index (χ4v) is 2.04. The number of carbonyl (C=O) groups excluding carboxylic acids is 1. The average Bonchev–Trinajstić information content (AvgIpc) is 2.28. The van der Waals surface area contributed by atoms with Crippen molar-refractivity contribution in [1.82, 2.24) is 0 Å². The summed E-state index contributed by atoms with van der Waals surface area (Å²) in [6, 6.07) is 8.25. The van der Waals surface area contributed by atoms with Gasteiger partial charge in [-0.3, -0.25) is 4.79 Å². The van der Waals surface area contributed by atoms with E-state index in [9.17, 15) is 4.79 Å². The topological polar surface area (TPSA) is 26.3 Å². The molecule has 94 valence electrons. The molecule has 0 heterocycles. The van der Waals surface area contributed by atoms with Crippen molar-refractivity contribution in [3.05, 3.63) is 35.4 Å². The van der Waals surface area contributed by atoms with Gasteiger partial charge in [-0.2, -0.15) is 0 Å². The van der Waals surface area contributed by atoms with E-state index in [1.165, 1.54) is 5.56 Å². The quantitative estimate of drug-likeness (QED) is 0.459. The van der Waals surface area contributed by atoms with Crippen molar-refractivity contribution < 1.29 is 9.53 Å². The lowest BCUT2D eigenvalue weighted by Gasteiger charge is -2.11. The molecule has 0 saturated carbocycles. The van der Waals surface area contributed by atoms with E-state index in [-0.39, 0.29) is 11.9 Å². The number of carbonyl (C=O) groups is 1. The maximum Gasteiger partial charge on any atom is 0.313 e. The zero-order chi connectivity index (χ0) is 12.8. The Morgan fingerprint density at radius 2 is 1.82 bits per heavy atom. The van der Waals surface area contributed by atoms with Crippen molar-refractivity contribution in [2.45, 2.75) is 33.1 Å². The van der Waals surface area contributed by atoms with Crippen LogP contribution in [0.5, 0.6) is 0 Å². The third-order valence-corrected chi connectivity index (χ3v) is 2.99. The van der Waals surface area contributed by atoms with Gasteiger partial charge in [0, 0.05) is 0 Å².